The molecule has 4 nitrogen and oxygen atoms in total. The van der Waals surface area contributed by atoms with Gasteiger partial charge in [0, 0.05) is 24.4 Å². The number of ether oxygens (including phenoxy) is 2. The van der Waals surface area contributed by atoms with Gasteiger partial charge in [0.2, 0.25) is 0 Å². The summed E-state index contributed by atoms with van der Waals surface area (Å²) >= 11 is 0. The fourth-order valence-electron chi connectivity index (χ4n) is 1.63. The highest BCUT2D eigenvalue weighted by molar-refractivity contribution is 5.43. The number of aryl methyl sites for hydroxylation is 1. The Bertz CT molecular complexity index is 337. The van der Waals surface area contributed by atoms with Crippen molar-refractivity contribution in [1.82, 2.24) is 4.98 Å². The molecule has 0 bridgehead atoms. The number of aliphatic hydroxyl groups excluding tert-OH is 1. The second-order valence-corrected chi connectivity index (χ2v) is 3.42. The van der Waals surface area contributed by atoms with E-state index in [2.05, 4.69) is 4.98 Å². The van der Waals surface area contributed by atoms with E-state index in [0.717, 1.165) is 16.8 Å². The molecular formula is C11H17NO3. The van der Waals surface area contributed by atoms with Crippen molar-refractivity contribution in [2.24, 2.45) is 0 Å². The third-order valence-corrected chi connectivity index (χ3v) is 2.25. The number of hydrogen-bond donors (Lipinski definition) is 1. The molecule has 0 aliphatic carbocycles. The molecule has 0 aliphatic rings. The normalized spacial score (nSPS) is 12.6. The molecule has 84 valence electrons. The molecule has 4 heteroatoms. The van der Waals surface area contributed by atoms with Crippen LogP contribution in [0.25, 0.3) is 0 Å². The monoisotopic (exact) mass is 211 g/mol. The Kier molecular flexibility index (Phi) is 4.05. The van der Waals surface area contributed by atoms with E-state index < -0.39 is 6.10 Å². The molecule has 0 saturated carbocycles. The lowest BCUT2D eigenvalue weighted by Gasteiger charge is -2.16. The number of rotatable bonds is 4. The summed E-state index contributed by atoms with van der Waals surface area (Å²) in [6.45, 7) is 3.97. The van der Waals surface area contributed by atoms with Crippen LogP contribution in [-0.2, 0) is 11.3 Å². The lowest BCUT2D eigenvalue weighted by atomic mass is 10.0. The molecule has 0 aromatic carbocycles. The number of methoxy groups -OCH3 is 2. The summed E-state index contributed by atoms with van der Waals surface area (Å²) in [4.78, 5) is 4.20. The van der Waals surface area contributed by atoms with Gasteiger partial charge in [-0.25, -0.2) is 0 Å². The maximum absolute atomic E-state index is 9.70. The van der Waals surface area contributed by atoms with E-state index in [1.54, 1.807) is 27.3 Å². The Balaban J connectivity index is 3.28. The van der Waals surface area contributed by atoms with Crippen molar-refractivity contribution in [3.8, 4) is 5.75 Å². The first-order chi connectivity index (χ1) is 7.11. The zero-order chi connectivity index (χ0) is 11.4. The second kappa shape index (κ2) is 5.09. The van der Waals surface area contributed by atoms with E-state index in [0.29, 0.717) is 12.4 Å². The molecule has 0 amide bonds. The molecule has 0 spiro atoms. The maximum atomic E-state index is 9.70. The first kappa shape index (κ1) is 11.9. The van der Waals surface area contributed by atoms with Gasteiger partial charge in [0.1, 0.15) is 5.75 Å². The summed E-state index contributed by atoms with van der Waals surface area (Å²) in [7, 11) is 3.19. The molecule has 15 heavy (non-hydrogen) atoms. The van der Waals surface area contributed by atoms with Crippen LogP contribution in [0, 0.1) is 6.92 Å². The second-order valence-electron chi connectivity index (χ2n) is 3.42. The van der Waals surface area contributed by atoms with Gasteiger partial charge in [0.05, 0.1) is 25.5 Å². The molecule has 0 unspecified atom stereocenters. The molecule has 0 saturated heterocycles. The van der Waals surface area contributed by atoms with Crippen molar-refractivity contribution < 1.29 is 14.6 Å². The first-order valence-corrected chi connectivity index (χ1v) is 4.81. The molecule has 1 rings (SSSR count). The Hall–Kier alpha value is -1.13. The minimum Gasteiger partial charge on any atom is -0.494 e. The molecule has 1 atom stereocenters. The van der Waals surface area contributed by atoms with Gasteiger partial charge in [-0.05, 0) is 13.8 Å². The SMILES string of the molecule is COCc1cnc(C)c(OC)c1[C@@H](C)O. The van der Waals surface area contributed by atoms with Crippen molar-refractivity contribution in [2.75, 3.05) is 14.2 Å². The lowest BCUT2D eigenvalue weighted by molar-refractivity contribution is 0.167. The Morgan fingerprint density at radius 2 is 2.13 bits per heavy atom. The van der Waals surface area contributed by atoms with Crippen molar-refractivity contribution in [2.45, 2.75) is 26.6 Å². The average Bonchev–Trinajstić information content (AvgIpc) is 2.20. The molecular weight excluding hydrogens is 194 g/mol. The number of aromatic nitrogens is 1. The zero-order valence-corrected chi connectivity index (χ0v) is 9.57. The zero-order valence-electron chi connectivity index (χ0n) is 9.57. The predicted octanol–water partition coefficient (Wildman–Crippen LogP) is 1.60. The van der Waals surface area contributed by atoms with E-state index in [-0.39, 0.29) is 0 Å². The quantitative estimate of drug-likeness (QED) is 0.821. The van der Waals surface area contributed by atoms with Gasteiger partial charge in [-0.2, -0.15) is 0 Å². The van der Waals surface area contributed by atoms with Crippen LogP contribution in [0.1, 0.15) is 29.8 Å². The van der Waals surface area contributed by atoms with Crippen molar-refractivity contribution in [3.63, 3.8) is 0 Å². The fraction of sp³-hybridized carbons (Fsp3) is 0.545. The summed E-state index contributed by atoms with van der Waals surface area (Å²) in [6.07, 6.45) is 1.12. The lowest BCUT2D eigenvalue weighted by Crippen LogP contribution is -2.06. The average molecular weight is 211 g/mol. The van der Waals surface area contributed by atoms with Crippen LogP contribution < -0.4 is 4.74 Å². The predicted molar refractivity (Wildman–Crippen MR) is 56.9 cm³/mol. The van der Waals surface area contributed by atoms with Gasteiger partial charge in [-0.1, -0.05) is 0 Å². The van der Waals surface area contributed by atoms with E-state index in [1.807, 2.05) is 6.92 Å². The molecule has 0 fully saturated rings. The van der Waals surface area contributed by atoms with E-state index in [1.165, 1.54) is 0 Å². The summed E-state index contributed by atoms with van der Waals surface area (Å²) < 4.78 is 10.3. The number of aliphatic hydroxyl groups is 1. The smallest absolute Gasteiger partial charge is 0.146 e. The maximum Gasteiger partial charge on any atom is 0.146 e. The fourth-order valence-corrected chi connectivity index (χ4v) is 1.63. The topological polar surface area (TPSA) is 51.6 Å². The number of pyridine rings is 1. The van der Waals surface area contributed by atoms with Gasteiger partial charge >= 0.3 is 0 Å². The van der Waals surface area contributed by atoms with E-state index in [9.17, 15) is 5.11 Å². The van der Waals surface area contributed by atoms with Crippen molar-refractivity contribution >= 4 is 0 Å². The third kappa shape index (κ3) is 2.46. The summed E-state index contributed by atoms with van der Waals surface area (Å²) in [5, 5.41) is 9.70. The minimum atomic E-state index is -0.591. The Labute approximate surface area is 89.9 Å². The minimum absolute atomic E-state index is 0.421. The Morgan fingerprint density at radius 3 is 2.60 bits per heavy atom. The molecule has 1 N–H and O–H groups in total. The number of nitrogens with zero attached hydrogens (tertiary/aromatic N) is 1. The van der Waals surface area contributed by atoms with Gasteiger partial charge in [-0.3, -0.25) is 4.98 Å². The highest BCUT2D eigenvalue weighted by atomic mass is 16.5. The van der Waals surface area contributed by atoms with Crippen LogP contribution in [0.4, 0.5) is 0 Å². The van der Waals surface area contributed by atoms with Crippen LogP contribution in [0.15, 0.2) is 6.20 Å². The highest BCUT2D eigenvalue weighted by Gasteiger charge is 2.17. The number of hydrogen-bond acceptors (Lipinski definition) is 4. The Morgan fingerprint density at radius 1 is 1.47 bits per heavy atom. The summed E-state index contributed by atoms with van der Waals surface area (Å²) in [5.74, 6) is 0.638. The van der Waals surface area contributed by atoms with Gasteiger partial charge in [-0.15, -0.1) is 0 Å². The van der Waals surface area contributed by atoms with Crippen LogP contribution in [0.5, 0.6) is 5.75 Å². The van der Waals surface area contributed by atoms with Crippen LogP contribution in [0.3, 0.4) is 0 Å². The first-order valence-electron chi connectivity index (χ1n) is 4.81. The summed E-state index contributed by atoms with van der Waals surface area (Å²) in [6, 6.07) is 0. The van der Waals surface area contributed by atoms with Crippen LogP contribution >= 0.6 is 0 Å². The molecule has 1 aromatic heterocycles. The van der Waals surface area contributed by atoms with E-state index >= 15 is 0 Å². The van der Waals surface area contributed by atoms with Crippen LogP contribution in [-0.4, -0.2) is 24.3 Å². The van der Waals surface area contributed by atoms with Crippen LogP contribution in [0.2, 0.25) is 0 Å². The standard InChI is InChI=1S/C11H17NO3/c1-7-11(15-4)10(8(2)13)9(5-12-7)6-14-3/h5,8,13H,6H2,1-4H3/t8-/m1/s1. The van der Waals surface area contributed by atoms with Crippen molar-refractivity contribution in [3.05, 3.63) is 23.0 Å². The molecule has 0 aliphatic heterocycles. The van der Waals surface area contributed by atoms with Gasteiger partial charge in [0.25, 0.3) is 0 Å². The van der Waals surface area contributed by atoms with Crippen molar-refractivity contribution in [1.29, 1.82) is 0 Å². The highest BCUT2D eigenvalue weighted by Crippen LogP contribution is 2.30. The molecule has 1 aromatic rings. The summed E-state index contributed by atoms with van der Waals surface area (Å²) in [5.41, 5.74) is 2.38. The van der Waals surface area contributed by atoms with E-state index in [4.69, 9.17) is 9.47 Å². The third-order valence-electron chi connectivity index (χ3n) is 2.25. The van der Waals surface area contributed by atoms with Gasteiger partial charge < -0.3 is 14.6 Å². The molecule has 0 radical (unpaired) electrons. The molecule has 1 heterocycles. The van der Waals surface area contributed by atoms with Gasteiger partial charge in [0.15, 0.2) is 0 Å². The largest absolute Gasteiger partial charge is 0.494 e.